The monoisotopic (exact) mass is 629 g/mol. The molecule has 4 rings (SSSR count). The Morgan fingerprint density at radius 3 is 2.34 bits per heavy atom. The van der Waals surface area contributed by atoms with Crippen molar-refractivity contribution in [1.29, 1.82) is 5.26 Å². The number of rotatable bonds is 13. The quantitative estimate of drug-likeness (QED) is 0.0632. The molecule has 0 atom stereocenters. The van der Waals surface area contributed by atoms with Crippen molar-refractivity contribution in [1.82, 2.24) is 9.97 Å². The number of nitrogens with zero attached hydrogens (tertiary/aromatic N) is 3. The van der Waals surface area contributed by atoms with Gasteiger partial charge in [-0.3, -0.25) is 4.79 Å². The fourth-order valence-corrected chi connectivity index (χ4v) is 5.30. The minimum absolute atomic E-state index is 0.0693. The van der Waals surface area contributed by atoms with Crippen LogP contribution in [0.3, 0.4) is 0 Å². The normalized spacial score (nSPS) is 11.2. The first-order valence-corrected chi connectivity index (χ1v) is 15.9. The molecule has 9 heteroatoms. The van der Waals surface area contributed by atoms with Crippen molar-refractivity contribution in [2.75, 3.05) is 19.5 Å². The second-order valence-electron chi connectivity index (χ2n) is 11.1. The lowest BCUT2D eigenvalue weighted by molar-refractivity contribution is 0.0938. The van der Waals surface area contributed by atoms with Gasteiger partial charge in [-0.25, -0.2) is 9.97 Å². The van der Waals surface area contributed by atoms with Gasteiger partial charge in [-0.05, 0) is 78.4 Å². The van der Waals surface area contributed by atoms with Crippen molar-refractivity contribution >= 4 is 29.1 Å². The van der Waals surface area contributed by atoms with E-state index in [0.717, 1.165) is 28.1 Å². The molecule has 0 saturated carbocycles. The van der Waals surface area contributed by atoms with E-state index >= 15 is 0 Å². The zero-order valence-electron chi connectivity index (χ0n) is 25.8. The average Bonchev–Trinajstić information content (AvgIpc) is 3.02. The molecule has 0 aliphatic carbocycles. The minimum atomic E-state index is -0.448. The topological polar surface area (TPSA) is 94.3 Å². The molecule has 1 aromatic heterocycles. The van der Waals surface area contributed by atoms with Gasteiger partial charge >= 0.3 is 0 Å². The van der Waals surface area contributed by atoms with Gasteiger partial charge in [0.1, 0.15) is 37.4 Å². The third-order valence-corrected chi connectivity index (χ3v) is 8.15. The van der Waals surface area contributed by atoms with E-state index in [1.807, 2.05) is 75.6 Å². The van der Waals surface area contributed by atoms with Gasteiger partial charge in [0.2, 0.25) is 0 Å². The highest BCUT2D eigenvalue weighted by atomic mass is 35.5. The number of Topliss-reactive ketones (excluding diaryl/α,β-unsaturated/α-hetero) is 1. The summed E-state index contributed by atoms with van der Waals surface area (Å²) in [5.41, 5.74) is 4.20. The summed E-state index contributed by atoms with van der Waals surface area (Å²) in [7, 11) is 0. The number of ketones is 1. The van der Waals surface area contributed by atoms with Gasteiger partial charge < -0.3 is 14.2 Å². The summed E-state index contributed by atoms with van der Waals surface area (Å²) in [6, 6.07) is 21.0. The molecule has 0 unspecified atom stereocenters. The van der Waals surface area contributed by atoms with Crippen LogP contribution in [-0.2, 0) is 12.0 Å². The number of thioether (sulfide) groups is 1. The zero-order chi connectivity index (χ0) is 31.9. The van der Waals surface area contributed by atoms with Gasteiger partial charge in [0.15, 0.2) is 16.7 Å². The first-order chi connectivity index (χ1) is 21.0. The molecule has 0 saturated heterocycles. The molecule has 4 aromatic rings. The van der Waals surface area contributed by atoms with E-state index in [1.165, 1.54) is 11.8 Å². The van der Waals surface area contributed by atoms with Crippen molar-refractivity contribution in [3.63, 3.8) is 0 Å². The van der Waals surface area contributed by atoms with E-state index in [1.54, 1.807) is 18.3 Å². The third-order valence-electron chi connectivity index (χ3n) is 7.31. The number of ether oxygens (including phenoxy) is 3. The van der Waals surface area contributed by atoms with Crippen LogP contribution in [0.15, 0.2) is 72.0 Å². The summed E-state index contributed by atoms with van der Waals surface area (Å²) in [4.78, 5) is 21.0. The van der Waals surface area contributed by atoms with Crippen LogP contribution >= 0.6 is 23.4 Å². The number of halogens is 1. The van der Waals surface area contributed by atoms with Gasteiger partial charge in [0, 0.05) is 23.1 Å². The van der Waals surface area contributed by atoms with Gasteiger partial charge in [0.25, 0.3) is 0 Å². The summed E-state index contributed by atoms with van der Waals surface area (Å²) in [5.74, 6) is 1.73. The standard InChI is InChI=1S/C35H36ClN3O4S/c1-22(2)32(40)30-12-11-29(17-23(30)3)41-15-16-42-33-24(20-37)18-26(19-31(33)36)35(4,5)25-7-9-28(10-8-25)43-21-27-13-14-38-34(39-27)44-6/h7-14,17-19,22H,15-16,21H2,1-6H3. The minimum Gasteiger partial charge on any atom is -0.490 e. The number of aryl methyl sites for hydroxylation is 1. The summed E-state index contributed by atoms with van der Waals surface area (Å²) in [5, 5.41) is 11.0. The number of carbonyl (C=O) groups is 1. The molecule has 44 heavy (non-hydrogen) atoms. The van der Waals surface area contributed by atoms with E-state index < -0.39 is 5.41 Å². The highest BCUT2D eigenvalue weighted by Crippen LogP contribution is 2.38. The van der Waals surface area contributed by atoms with Gasteiger partial charge in [-0.2, -0.15) is 5.26 Å². The van der Waals surface area contributed by atoms with Crippen molar-refractivity contribution < 1.29 is 19.0 Å². The fraction of sp³-hybridized carbons (Fsp3) is 0.314. The van der Waals surface area contributed by atoms with Crippen LogP contribution in [0.2, 0.25) is 5.02 Å². The van der Waals surface area contributed by atoms with Crippen LogP contribution in [0.25, 0.3) is 0 Å². The Hall–Kier alpha value is -4.06. The predicted octanol–water partition coefficient (Wildman–Crippen LogP) is 8.23. The van der Waals surface area contributed by atoms with Crippen LogP contribution in [-0.4, -0.2) is 35.2 Å². The lowest BCUT2D eigenvalue weighted by Gasteiger charge is -2.27. The third kappa shape index (κ3) is 7.90. The molecule has 0 spiro atoms. The van der Waals surface area contributed by atoms with E-state index in [0.29, 0.717) is 39.4 Å². The number of carbonyl (C=O) groups excluding carboxylic acids is 1. The van der Waals surface area contributed by atoms with Crippen molar-refractivity contribution in [3.8, 4) is 23.3 Å². The maximum absolute atomic E-state index is 12.3. The van der Waals surface area contributed by atoms with Gasteiger partial charge in [-0.15, -0.1) is 0 Å². The molecular weight excluding hydrogens is 594 g/mol. The molecule has 0 N–H and O–H groups in total. The highest BCUT2D eigenvalue weighted by molar-refractivity contribution is 7.98. The summed E-state index contributed by atoms with van der Waals surface area (Å²) in [6.07, 6.45) is 3.67. The molecule has 0 bridgehead atoms. The SMILES string of the molecule is CSc1nccc(COc2ccc(C(C)(C)c3cc(Cl)c(OCCOc4ccc(C(=O)C(C)C)c(C)c4)c(C#N)c3)cc2)n1. The first kappa shape index (κ1) is 32.8. The van der Waals surface area contributed by atoms with E-state index in [2.05, 4.69) is 29.9 Å². The number of hydrogen-bond acceptors (Lipinski definition) is 8. The zero-order valence-corrected chi connectivity index (χ0v) is 27.4. The highest BCUT2D eigenvalue weighted by Gasteiger charge is 2.26. The van der Waals surface area contributed by atoms with Crippen molar-refractivity contribution in [3.05, 3.63) is 105 Å². The number of aromatic nitrogens is 2. The van der Waals surface area contributed by atoms with Crippen LogP contribution in [0.5, 0.6) is 17.2 Å². The summed E-state index contributed by atoms with van der Waals surface area (Å²) >= 11 is 8.15. The maximum Gasteiger partial charge on any atom is 0.187 e. The second kappa shape index (κ2) is 14.6. The molecular formula is C35H36ClN3O4S. The fourth-order valence-electron chi connectivity index (χ4n) is 4.65. The van der Waals surface area contributed by atoms with Crippen LogP contribution in [0, 0.1) is 24.2 Å². The average molecular weight is 630 g/mol. The maximum atomic E-state index is 12.3. The Morgan fingerprint density at radius 2 is 1.68 bits per heavy atom. The molecule has 228 valence electrons. The molecule has 0 aliphatic heterocycles. The van der Waals surface area contributed by atoms with E-state index in [-0.39, 0.29) is 24.9 Å². The Bertz CT molecular complexity index is 1670. The second-order valence-corrected chi connectivity index (χ2v) is 12.3. The molecule has 0 aliphatic rings. The number of nitriles is 1. The molecule has 0 radical (unpaired) electrons. The van der Waals surface area contributed by atoms with Gasteiger partial charge in [-0.1, -0.05) is 63.2 Å². The smallest absolute Gasteiger partial charge is 0.187 e. The largest absolute Gasteiger partial charge is 0.490 e. The molecule has 0 amide bonds. The lowest BCUT2D eigenvalue weighted by atomic mass is 9.77. The van der Waals surface area contributed by atoms with Crippen LogP contribution in [0.4, 0.5) is 0 Å². The number of benzene rings is 3. The Kier molecular flexibility index (Phi) is 10.9. The first-order valence-electron chi connectivity index (χ1n) is 14.3. The van der Waals surface area contributed by atoms with E-state index in [4.69, 9.17) is 25.8 Å². The lowest BCUT2D eigenvalue weighted by Crippen LogP contribution is -2.19. The predicted molar refractivity (Wildman–Crippen MR) is 174 cm³/mol. The van der Waals surface area contributed by atoms with Crippen molar-refractivity contribution in [2.45, 2.75) is 51.8 Å². The van der Waals surface area contributed by atoms with Crippen LogP contribution in [0.1, 0.15) is 66.0 Å². The Labute approximate surface area is 268 Å². The van der Waals surface area contributed by atoms with Crippen LogP contribution < -0.4 is 14.2 Å². The Morgan fingerprint density at radius 1 is 0.977 bits per heavy atom. The molecule has 0 fully saturated rings. The molecule has 3 aromatic carbocycles. The Balaban J connectivity index is 1.39. The van der Waals surface area contributed by atoms with E-state index in [9.17, 15) is 10.1 Å². The molecule has 7 nitrogen and oxygen atoms in total. The van der Waals surface area contributed by atoms with Gasteiger partial charge in [0.05, 0.1) is 16.3 Å². The molecule has 1 heterocycles. The summed E-state index contributed by atoms with van der Waals surface area (Å²) < 4.78 is 17.7. The number of hydrogen-bond donors (Lipinski definition) is 0. The van der Waals surface area contributed by atoms with Crippen molar-refractivity contribution in [2.24, 2.45) is 5.92 Å². The summed E-state index contributed by atoms with van der Waals surface area (Å²) in [6.45, 7) is 10.6.